The number of aromatic nitrogens is 1. The molecule has 0 bridgehead atoms. The van der Waals surface area contributed by atoms with Crippen LogP contribution in [-0.4, -0.2) is 42.5 Å². The first-order chi connectivity index (χ1) is 8.74. The molecular weight excluding hydrogens is 230 g/mol. The highest BCUT2D eigenvalue weighted by atomic mass is 16.5. The van der Waals surface area contributed by atoms with Gasteiger partial charge in [-0.05, 0) is 12.5 Å². The molecule has 0 unspecified atom stereocenters. The van der Waals surface area contributed by atoms with E-state index in [1.807, 2.05) is 0 Å². The Morgan fingerprint density at radius 1 is 1.50 bits per heavy atom. The largest absolute Gasteiger partial charge is 0.494 e. The molecule has 2 N–H and O–H groups in total. The van der Waals surface area contributed by atoms with E-state index in [0.29, 0.717) is 24.4 Å². The van der Waals surface area contributed by atoms with Gasteiger partial charge in [-0.25, -0.2) is 0 Å². The van der Waals surface area contributed by atoms with E-state index in [1.54, 1.807) is 23.4 Å². The lowest BCUT2D eigenvalue weighted by Gasteiger charge is -2.22. The van der Waals surface area contributed by atoms with Crippen LogP contribution in [0.4, 0.5) is 0 Å². The number of unbranched alkanes of at least 4 members (excludes halogenated alkanes) is 1. The van der Waals surface area contributed by atoms with E-state index < -0.39 is 0 Å². The van der Waals surface area contributed by atoms with Crippen LogP contribution in [0.3, 0.4) is 0 Å². The van der Waals surface area contributed by atoms with Crippen LogP contribution in [0.2, 0.25) is 0 Å². The Labute approximate surface area is 108 Å². The minimum absolute atomic E-state index is 0.0480. The van der Waals surface area contributed by atoms with Crippen LogP contribution >= 0.6 is 0 Å². The minimum atomic E-state index is -0.0480. The maximum Gasteiger partial charge on any atom is 0.257 e. The third-order valence-electron chi connectivity index (χ3n) is 2.70. The number of amides is 1. The van der Waals surface area contributed by atoms with E-state index >= 15 is 0 Å². The average molecular weight is 251 g/mol. The van der Waals surface area contributed by atoms with Gasteiger partial charge in [-0.1, -0.05) is 13.3 Å². The van der Waals surface area contributed by atoms with Crippen LogP contribution in [0.25, 0.3) is 0 Å². The van der Waals surface area contributed by atoms with Gasteiger partial charge in [0.05, 0.1) is 18.9 Å². The van der Waals surface area contributed by atoms with E-state index in [2.05, 4.69) is 11.9 Å². The van der Waals surface area contributed by atoms with Gasteiger partial charge in [0.2, 0.25) is 0 Å². The fourth-order valence-corrected chi connectivity index (χ4v) is 1.71. The van der Waals surface area contributed by atoms with Gasteiger partial charge in [0.1, 0.15) is 5.75 Å². The highest BCUT2D eigenvalue weighted by molar-refractivity contribution is 5.96. The lowest BCUT2D eigenvalue weighted by molar-refractivity contribution is 0.0754. The minimum Gasteiger partial charge on any atom is -0.494 e. The molecule has 5 heteroatoms. The predicted molar refractivity (Wildman–Crippen MR) is 70.7 cm³/mol. The van der Waals surface area contributed by atoms with Crippen molar-refractivity contribution in [2.45, 2.75) is 19.8 Å². The van der Waals surface area contributed by atoms with E-state index in [1.165, 1.54) is 7.11 Å². The molecule has 0 saturated heterocycles. The molecule has 100 valence electrons. The summed E-state index contributed by atoms with van der Waals surface area (Å²) >= 11 is 0. The predicted octanol–water partition coefficient (Wildman–Crippen LogP) is 1.29. The first-order valence-corrected chi connectivity index (χ1v) is 6.21. The quantitative estimate of drug-likeness (QED) is 0.793. The molecule has 0 aromatic carbocycles. The number of hydrogen-bond donors (Lipinski definition) is 1. The summed E-state index contributed by atoms with van der Waals surface area (Å²) in [6.45, 7) is 3.84. The first kappa shape index (κ1) is 14.4. The Morgan fingerprint density at radius 3 is 2.89 bits per heavy atom. The molecule has 0 aliphatic rings. The van der Waals surface area contributed by atoms with Gasteiger partial charge in [0.15, 0.2) is 0 Å². The number of carbonyl (C=O) groups excluding carboxylic acids is 1. The molecule has 0 aliphatic heterocycles. The van der Waals surface area contributed by atoms with Crippen molar-refractivity contribution in [3.63, 3.8) is 0 Å². The highest BCUT2D eigenvalue weighted by Gasteiger charge is 2.18. The summed E-state index contributed by atoms with van der Waals surface area (Å²) in [6.07, 6.45) is 5.16. The number of rotatable bonds is 7. The maximum absolute atomic E-state index is 12.4. The van der Waals surface area contributed by atoms with Crippen molar-refractivity contribution in [1.29, 1.82) is 0 Å². The SMILES string of the molecule is CCCCN(CCN)C(=O)c1ccncc1OC. The normalized spacial score (nSPS) is 10.2. The zero-order valence-corrected chi connectivity index (χ0v) is 11.1. The van der Waals surface area contributed by atoms with Gasteiger partial charge in [-0.2, -0.15) is 0 Å². The summed E-state index contributed by atoms with van der Waals surface area (Å²) in [5.74, 6) is 0.453. The molecule has 0 atom stereocenters. The van der Waals surface area contributed by atoms with Crippen LogP contribution in [0.5, 0.6) is 5.75 Å². The van der Waals surface area contributed by atoms with E-state index in [0.717, 1.165) is 19.4 Å². The zero-order chi connectivity index (χ0) is 13.4. The van der Waals surface area contributed by atoms with Crippen LogP contribution < -0.4 is 10.5 Å². The Kier molecular flexibility index (Phi) is 6.14. The second kappa shape index (κ2) is 7.66. The number of pyridine rings is 1. The molecule has 1 heterocycles. The monoisotopic (exact) mass is 251 g/mol. The topological polar surface area (TPSA) is 68.5 Å². The Balaban J connectivity index is 2.86. The van der Waals surface area contributed by atoms with Gasteiger partial charge in [-0.3, -0.25) is 9.78 Å². The molecule has 1 amide bonds. The third kappa shape index (κ3) is 3.70. The van der Waals surface area contributed by atoms with Crippen molar-refractivity contribution in [1.82, 2.24) is 9.88 Å². The molecule has 1 rings (SSSR count). The molecule has 1 aromatic rings. The van der Waals surface area contributed by atoms with Gasteiger partial charge >= 0.3 is 0 Å². The number of nitrogens with two attached hydrogens (primary N) is 1. The summed E-state index contributed by atoms with van der Waals surface area (Å²) in [4.78, 5) is 18.1. The molecule has 1 aromatic heterocycles. The first-order valence-electron chi connectivity index (χ1n) is 6.21. The second-order valence-corrected chi connectivity index (χ2v) is 4.01. The van der Waals surface area contributed by atoms with Crippen LogP contribution in [-0.2, 0) is 0 Å². The van der Waals surface area contributed by atoms with Crippen molar-refractivity contribution in [3.05, 3.63) is 24.0 Å². The molecule has 0 aliphatic carbocycles. The number of ether oxygens (including phenoxy) is 1. The van der Waals surface area contributed by atoms with Gasteiger partial charge in [0, 0.05) is 25.8 Å². The number of carbonyl (C=O) groups is 1. The zero-order valence-electron chi connectivity index (χ0n) is 11.1. The Morgan fingerprint density at radius 2 is 2.28 bits per heavy atom. The molecule has 18 heavy (non-hydrogen) atoms. The second-order valence-electron chi connectivity index (χ2n) is 4.01. The molecular formula is C13H21N3O2. The fourth-order valence-electron chi connectivity index (χ4n) is 1.71. The Bertz CT molecular complexity index is 382. The number of nitrogens with zero attached hydrogens (tertiary/aromatic N) is 2. The van der Waals surface area contributed by atoms with Gasteiger partial charge in [-0.15, -0.1) is 0 Å². The van der Waals surface area contributed by atoms with Crippen LogP contribution in [0.1, 0.15) is 30.1 Å². The van der Waals surface area contributed by atoms with E-state index in [-0.39, 0.29) is 5.91 Å². The van der Waals surface area contributed by atoms with Crippen molar-refractivity contribution < 1.29 is 9.53 Å². The van der Waals surface area contributed by atoms with E-state index in [9.17, 15) is 4.79 Å². The lowest BCUT2D eigenvalue weighted by atomic mass is 10.2. The van der Waals surface area contributed by atoms with Crippen molar-refractivity contribution in [2.24, 2.45) is 5.73 Å². The van der Waals surface area contributed by atoms with Crippen molar-refractivity contribution >= 4 is 5.91 Å². The summed E-state index contributed by atoms with van der Waals surface area (Å²) < 4.78 is 5.16. The van der Waals surface area contributed by atoms with Gasteiger partial charge < -0.3 is 15.4 Å². The fraction of sp³-hybridized carbons (Fsp3) is 0.538. The number of methoxy groups -OCH3 is 1. The summed E-state index contributed by atoms with van der Waals surface area (Å²) in [5, 5.41) is 0. The maximum atomic E-state index is 12.4. The molecule has 0 fully saturated rings. The van der Waals surface area contributed by atoms with Crippen LogP contribution in [0.15, 0.2) is 18.5 Å². The highest BCUT2D eigenvalue weighted by Crippen LogP contribution is 2.18. The average Bonchev–Trinajstić information content (AvgIpc) is 2.42. The molecule has 0 spiro atoms. The van der Waals surface area contributed by atoms with E-state index in [4.69, 9.17) is 10.5 Å². The summed E-state index contributed by atoms with van der Waals surface area (Å²) in [7, 11) is 1.53. The Hall–Kier alpha value is -1.62. The number of hydrogen-bond acceptors (Lipinski definition) is 4. The summed E-state index contributed by atoms with van der Waals surface area (Å²) in [5.41, 5.74) is 6.09. The third-order valence-corrected chi connectivity index (χ3v) is 2.70. The standard InChI is InChI=1S/C13H21N3O2/c1-3-4-8-16(9-6-14)13(17)11-5-7-15-10-12(11)18-2/h5,7,10H,3-4,6,8-9,14H2,1-2H3. The summed E-state index contributed by atoms with van der Waals surface area (Å²) in [6, 6.07) is 1.68. The molecule has 0 radical (unpaired) electrons. The van der Waals surface area contributed by atoms with Gasteiger partial charge in [0.25, 0.3) is 5.91 Å². The lowest BCUT2D eigenvalue weighted by Crippen LogP contribution is -2.36. The van der Waals surface area contributed by atoms with Crippen LogP contribution in [0, 0.1) is 0 Å². The molecule has 5 nitrogen and oxygen atoms in total. The molecule has 0 saturated carbocycles. The van der Waals surface area contributed by atoms with Crippen molar-refractivity contribution in [3.8, 4) is 5.75 Å². The van der Waals surface area contributed by atoms with Crippen molar-refractivity contribution in [2.75, 3.05) is 26.7 Å². The smallest absolute Gasteiger partial charge is 0.257 e.